The Morgan fingerprint density at radius 3 is 2.61 bits per heavy atom. The highest BCUT2D eigenvalue weighted by atomic mass is 35.5. The summed E-state index contributed by atoms with van der Waals surface area (Å²) in [6, 6.07) is 11.9. The Balaban J connectivity index is 2.28. The van der Waals surface area contributed by atoms with E-state index < -0.39 is 4.92 Å². The summed E-state index contributed by atoms with van der Waals surface area (Å²) in [5.41, 5.74) is 1.23. The number of halogens is 1. The van der Waals surface area contributed by atoms with Crippen LogP contribution in [0.4, 0.5) is 5.69 Å². The lowest BCUT2D eigenvalue weighted by Gasteiger charge is -2.18. The number of aromatic nitrogens is 2. The number of nitro groups is 1. The molecule has 3 aromatic rings. The summed E-state index contributed by atoms with van der Waals surface area (Å²) in [5.74, 6) is 0. The Morgan fingerprint density at radius 1 is 1.26 bits per heavy atom. The SMILES string of the molecule is C[C@@H](c1ccccc1)n1c(=O)cnc2cc([N+](=O)[O-])c(Cl)cc21. The second-order valence-corrected chi connectivity index (χ2v) is 5.51. The van der Waals surface area contributed by atoms with E-state index in [0.29, 0.717) is 11.0 Å². The third-order valence-corrected chi connectivity index (χ3v) is 4.02. The zero-order valence-electron chi connectivity index (χ0n) is 12.1. The third kappa shape index (κ3) is 2.68. The lowest BCUT2D eigenvalue weighted by Crippen LogP contribution is -2.24. The Kier molecular flexibility index (Phi) is 3.83. The van der Waals surface area contributed by atoms with Crippen LogP contribution in [0.5, 0.6) is 0 Å². The van der Waals surface area contributed by atoms with Crippen molar-refractivity contribution in [3.63, 3.8) is 0 Å². The van der Waals surface area contributed by atoms with Crippen LogP contribution in [0.1, 0.15) is 18.5 Å². The van der Waals surface area contributed by atoms with Gasteiger partial charge in [0.25, 0.3) is 11.2 Å². The zero-order valence-corrected chi connectivity index (χ0v) is 12.9. The van der Waals surface area contributed by atoms with Crippen LogP contribution in [0, 0.1) is 10.1 Å². The van der Waals surface area contributed by atoms with E-state index in [1.807, 2.05) is 37.3 Å². The van der Waals surface area contributed by atoms with Gasteiger partial charge in [-0.3, -0.25) is 19.5 Å². The van der Waals surface area contributed by atoms with Crippen molar-refractivity contribution in [2.45, 2.75) is 13.0 Å². The maximum atomic E-state index is 12.3. The van der Waals surface area contributed by atoms with Crippen molar-refractivity contribution in [2.75, 3.05) is 0 Å². The molecule has 0 unspecified atom stereocenters. The fourth-order valence-electron chi connectivity index (χ4n) is 2.56. The Hall–Kier alpha value is -2.73. The van der Waals surface area contributed by atoms with Crippen LogP contribution in [0.3, 0.4) is 0 Å². The average Bonchev–Trinajstić information content (AvgIpc) is 2.54. The van der Waals surface area contributed by atoms with E-state index in [1.165, 1.54) is 22.9 Å². The molecule has 0 aliphatic heterocycles. The first kappa shape index (κ1) is 15.2. The molecule has 1 heterocycles. The fourth-order valence-corrected chi connectivity index (χ4v) is 2.79. The van der Waals surface area contributed by atoms with Crippen molar-refractivity contribution >= 4 is 28.3 Å². The molecule has 7 heteroatoms. The topological polar surface area (TPSA) is 78.0 Å². The summed E-state index contributed by atoms with van der Waals surface area (Å²) < 4.78 is 1.53. The van der Waals surface area contributed by atoms with E-state index in [2.05, 4.69) is 4.98 Å². The fraction of sp³-hybridized carbons (Fsp3) is 0.125. The molecular formula is C16H12ClN3O3. The molecule has 0 saturated heterocycles. The molecule has 0 aliphatic rings. The van der Waals surface area contributed by atoms with E-state index in [0.717, 1.165) is 5.56 Å². The Bertz CT molecular complexity index is 954. The van der Waals surface area contributed by atoms with Crippen LogP contribution in [-0.4, -0.2) is 14.5 Å². The normalized spacial score (nSPS) is 12.3. The van der Waals surface area contributed by atoms with Gasteiger partial charge in [0.1, 0.15) is 5.02 Å². The summed E-state index contributed by atoms with van der Waals surface area (Å²) in [4.78, 5) is 26.7. The van der Waals surface area contributed by atoms with Gasteiger partial charge < -0.3 is 0 Å². The Labute approximate surface area is 136 Å². The molecule has 6 nitrogen and oxygen atoms in total. The summed E-state index contributed by atoms with van der Waals surface area (Å²) in [5, 5.41) is 11.0. The van der Waals surface area contributed by atoms with Gasteiger partial charge in [-0.15, -0.1) is 0 Å². The average molecular weight is 330 g/mol. The van der Waals surface area contributed by atoms with Gasteiger partial charge in [0.05, 0.1) is 28.2 Å². The quantitative estimate of drug-likeness (QED) is 0.543. The van der Waals surface area contributed by atoms with Crippen molar-refractivity contribution < 1.29 is 4.92 Å². The monoisotopic (exact) mass is 329 g/mol. The van der Waals surface area contributed by atoms with Crippen molar-refractivity contribution in [3.8, 4) is 0 Å². The molecule has 0 radical (unpaired) electrons. The lowest BCUT2D eigenvalue weighted by molar-refractivity contribution is -0.384. The molecule has 2 aromatic carbocycles. The number of hydrogen-bond donors (Lipinski definition) is 0. The summed E-state index contributed by atoms with van der Waals surface area (Å²) >= 11 is 5.99. The minimum absolute atomic E-state index is 0.0242. The minimum atomic E-state index is -0.570. The summed E-state index contributed by atoms with van der Waals surface area (Å²) in [7, 11) is 0. The van der Waals surface area contributed by atoms with Crippen molar-refractivity contribution in [3.05, 3.63) is 79.7 Å². The summed E-state index contributed by atoms with van der Waals surface area (Å²) in [6.45, 7) is 1.88. The van der Waals surface area contributed by atoms with Crippen molar-refractivity contribution in [2.24, 2.45) is 0 Å². The van der Waals surface area contributed by atoms with E-state index in [9.17, 15) is 14.9 Å². The van der Waals surface area contributed by atoms with Gasteiger partial charge >= 0.3 is 0 Å². The van der Waals surface area contributed by atoms with Crippen LogP contribution >= 0.6 is 11.6 Å². The number of fused-ring (bicyclic) bond motifs is 1. The maximum absolute atomic E-state index is 12.3. The van der Waals surface area contributed by atoms with Gasteiger partial charge in [0.2, 0.25) is 0 Å². The Morgan fingerprint density at radius 2 is 1.96 bits per heavy atom. The van der Waals surface area contributed by atoms with Crippen molar-refractivity contribution in [1.29, 1.82) is 0 Å². The number of nitrogens with zero attached hydrogens (tertiary/aromatic N) is 3. The molecule has 1 aromatic heterocycles. The molecular weight excluding hydrogens is 318 g/mol. The molecule has 0 bridgehead atoms. The van der Waals surface area contributed by atoms with E-state index in [-0.39, 0.29) is 22.3 Å². The maximum Gasteiger partial charge on any atom is 0.290 e. The predicted molar refractivity (Wildman–Crippen MR) is 87.9 cm³/mol. The smallest absolute Gasteiger partial charge is 0.290 e. The van der Waals surface area contributed by atoms with Gasteiger partial charge in [0.15, 0.2) is 0 Å². The van der Waals surface area contributed by atoms with Crippen molar-refractivity contribution in [1.82, 2.24) is 9.55 Å². The van der Waals surface area contributed by atoms with Gasteiger partial charge in [-0.05, 0) is 18.6 Å². The van der Waals surface area contributed by atoms with Crippen LogP contribution < -0.4 is 5.56 Å². The molecule has 0 saturated carbocycles. The molecule has 0 amide bonds. The van der Waals surface area contributed by atoms with Crippen LogP contribution in [0.25, 0.3) is 11.0 Å². The third-order valence-electron chi connectivity index (χ3n) is 3.72. The first-order valence-electron chi connectivity index (χ1n) is 6.89. The highest BCUT2D eigenvalue weighted by Crippen LogP contribution is 2.30. The first-order valence-corrected chi connectivity index (χ1v) is 7.27. The molecule has 0 spiro atoms. The van der Waals surface area contributed by atoms with Crippen LogP contribution in [0.2, 0.25) is 5.02 Å². The molecule has 23 heavy (non-hydrogen) atoms. The first-order chi connectivity index (χ1) is 11.0. The lowest BCUT2D eigenvalue weighted by atomic mass is 10.1. The number of benzene rings is 2. The van der Waals surface area contributed by atoms with Crippen LogP contribution in [0.15, 0.2) is 53.5 Å². The zero-order chi connectivity index (χ0) is 16.6. The second-order valence-electron chi connectivity index (χ2n) is 5.10. The number of rotatable bonds is 3. The van der Waals surface area contributed by atoms with Gasteiger partial charge in [-0.2, -0.15) is 0 Å². The summed E-state index contributed by atoms with van der Waals surface area (Å²) in [6.07, 6.45) is 1.17. The highest BCUT2D eigenvalue weighted by molar-refractivity contribution is 6.33. The molecule has 116 valence electrons. The van der Waals surface area contributed by atoms with E-state index in [1.54, 1.807) is 0 Å². The van der Waals surface area contributed by atoms with Gasteiger partial charge in [-0.1, -0.05) is 41.9 Å². The molecule has 1 atom stereocenters. The second kappa shape index (κ2) is 5.81. The predicted octanol–water partition coefficient (Wildman–Crippen LogP) is 3.57. The molecule has 0 fully saturated rings. The molecule has 0 N–H and O–H groups in total. The standard InChI is InChI=1S/C16H12ClN3O3/c1-10(11-5-3-2-4-6-11)19-15-7-12(17)14(20(22)23)8-13(15)18-9-16(19)21/h2-10H,1H3/t10-/m0/s1. The van der Waals surface area contributed by atoms with Gasteiger partial charge in [0, 0.05) is 6.07 Å². The highest BCUT2D eigenvalue weighted by Gasteiger charge is 2.19. The largest absolute Gasteiger partial charge is 0.298 e. The number of hydrogen-bond acceptors (Lipinski definition) is 4. The number of nitro benzene ring substituents is 1. The molecule has 3 rings (SSSR count). The van der Waals surface area contributed by atoms with E-state index >= 15 is 0 Å². The van der Waals surface area contributed by atoms with Crippen LogP contribution in [-0.2, 0) is 0 Å². The molecule has 0 aliphatic carbocycles. The minimum Gasteiger partial charge on any atom is -0.298 e. The van der Waals surface area contributed by atoms with E-state index in [4.69, 9.17) is 11.6 Å². The van der Waals surface area contributed by atoms with Gasteiger partial charge in [-0.25, -0.2) is 4.98 Å².